The van der Waals surface area contributed by atoms with E-state index in [1.165, 1.54) is 0 Å². The molecule has 2 N–H and O–H groups in total. The topological polar surface area (TPSA) is 61.4 Å². The summed E-state index contributed by atoms with van der Waals surface area (Å²) in [5.74, 6) is 0. The molecule has 1 aromatic carbocycles. The Labute approximate surface area is 115 Å². The first-order valence-electron chi connectivity index (χ1n) is 6.49. The third-order valence-corrected chi connectivity index (χ3v) is 4.53. The van der Waals surface area contributed by atoms with Crippen LogP contribution in [0.2, 0.25) is 0 Å². The van der Waals surface area contributed by atoms with Crippen molar-refractivity contribution >= 4 is 15.7 Å². The van der Waals surface area contributed by atoms with Crippen molar-refractivity contribution in [1.29, 1.82) is 0 Å². The maximum Gasteiger partial charge on any atom is 0.242 e. The van der Waals surface area contributed by atoms with Crippen LogP contribution in [0.5, 0.6) is 0 Å². The fraction of sp³-hybridized carbons (Fsp3) is 0.538. The zero-order chi connectivity index (χ0) is 13.9. The van der Waals surface area contributed by atoms with Crippen LogP contribution in [0.25, 0.3) is 0 Å². The molecular weight excluding hydrogens is 262 g/mol. The second-order valence-electron chi connectivity index (χ2n) is 5.12. The van der Waals surface area contributed by atoms with Crippen molar-refractivity contribution in [2.75, 3.05) is 32.5 Å². The molecular formula is C13H21N3O2S. The Balaban J connectivity index is 2.10. The molecule has 0 unspecified atom stereocenters. The first-order valence-corrected chi connectivity index (χ1v) is 7.97. The van der Waals surface area contributed by atoms with Crippen LogP contribution < -0.4 is 10.0 Å². The molecule has 0 aromatic heterocycles. The summed E-state index contributed by atoms with van der Waals surface area (Å²) in [5, 5.41) is 3.18. The molecule has 1 saturated carbocycles. The number of nitrogens with one attached hydrogen (secondary N) is 2. The van der Waals surface area contributed by atoms with Gasteiger partial charge in [-0.15, -0.1) is 0 Å². The maximum atomic E-state index is 12.2. The Morgan fingerprint density at radius 2 is 1.95 bits per heavy atom. The Morgan fingerprint density at radius 1 is 1.26 bits per heavy atom. The highest BCUT2D eigenvalue weighted by Gasteiger charge is 2.29. The number of hydrogen-bond acceptors (Lipinski definition) is 4. The molecule has 0 saturated heterocycles. The number of para-hydroxylation sites is 1. The molecule has 1 aliphatic carbocycles. The molecule has 0 atom stereocenters. The lowest BCUT2D eigenvalue weighted by atomic mass is 10.3. The van der Waals surface area contributed by atoms with Gasteiger partial charge in [0.2, 0.25) is 10.0 Å². The molecule has 0 aliphatic heterocycles. The smallest absolute Gasteiger partial charge is 0.242 e. The molecule has 0 radical (unpaired) electrons. The molecule has 0 heterocycles. The zero-order valence-corrected chi connectivity index (χ0v) is 12.2. The highest BCUT2D eigenvalue weighted by molar-refractivity contribution is 7.89. The first-order chi connectivity index (χ1) is 8.99. The second-order valence-corrected chi connectivity index (χ2v) is 6.80. The Bertz CT molecular complexity index is 524. The Hall–Kier alpha value is -1.11. The molecule has 0 amide bonds. The van der Waals surface area contributed by atoms with Crippen molar-refractivity contribution in [2.24, 2.45) is 0 Å². The lowest BCUT2D eigenvalue weighted by Gasteiger charge is -2.15. The average Bonchev–Trinajstić information content (AvgIpc) is 3.12. The van der Waals surface area contributed by atoms with Crippen molar-refractivity contribution in [3.05, 3.63) is 24.3 Å². The van der Waals surface area contributed by atoms with Crippen LogP contribution in [0.4, 0.5) is 5.69 Å². The molecule has 1 aliphatic rings. The molecule has 0 spiro atoms. The van der Waals surface area contributed by atoms with E-state index in [4.69, 9.17) is 0 Å². The minimum Gasteiger partial charge on any atom is -0.383 e. The zero-order valence-electron chi connectivity index (χ0n) is 11.4. The average molecular weight is 283 g/mol. The standard InChI is InChI=1S/C13H21N3O2S/c1-16(2)10-9-14-12-5-3-4-6-13(12)19(17,18)15-11-7-8-11/h3-6,11,14-15H,7-10H2,1-2H3. The van der Waals surface area contributed by atoms with Crippen molar-refractivity contribution in [3.63, 3.8) is 0 Å². The van der Waals surface area contributed by atoms with E-state index in [-0.39, 0.29) is 6.04 Å². The van der Waals surface area contributed by atoms with Crippen LogP contribution in [0.15, 0.2) is 29.2 Å². The molecule has 5 nitrogen and oxygen atoms in total. The van der Waals surface area contributed by atoms with Crippen molar-refractivity contribution in [1.82, 2.24) is 9.62 Å². The number of rotatable bonds is 7. The van der Waals surface area contributed by atoms with Gasteiger partial charge in [-0.1, -0.05) is 12.1 Å². The molecule has 1 fully saturated rings. The maximum absolute atomic E-state index is 12.2. The summed E-state index contributed by atoms with van der Waals surface area (Å²) >= 11 is 0. The summed E-state index contributed by atoms with van der Waals surface area (Å²) < 4.78 is 27.2. The van der Waals surface area contributed by atoms with E-state index in [0.717, 1.165) is 19.4 Å². The van der Waals surface area contributed by atoms with E-state index in [1.807, 2.05) is 25.1 Å². The number of sulfonamides is 1. The van der Waals surface area contributed by atoms with Gasteiger partial charge in [-0.2, -0.15) is 0 Å². The lowest BCUT2D eigenvalue weighted by Crippen LogP contribution is -2.27. The second kappa shape index (κ2) is 5.90. The van der Waals surface area contributed by atoms with Crippen LogP contribution >= 0.6 is 0 Å². The lowest BCUT2D eigenvalue weighted by molar-refractivity contribution is 0.425. The normalized spacial score (nSPS) is 15.7. The number of benzene rings is 1. The number of nitrogens with zero attached hydrogens (tertiary/aromatic N) is 1. The molecule has 1 aromatic rings. The largest absolute Gasteiger partial charge is 0.383 e. The van der Waals surface area contributed by atoms with Crippen molar-refractivity contribution in [3.8, 4) is 0 Å². The third kappa shape index (κ3) is 4.19. The van der Waals surface area contributed by atoms with Crippen LogP contribution in [0, 0.1) is 0 Å². The quantitative estimate of drug-likeness (QED) is 0.787. The molecule has 106 valence electrons. The first kappa shape index (κ1) is 14.3. The van der Waals surface area contributed by atoms with Gasteiger partial charge >= 0.3 is 0 Å². The summed E-state index contributed by atoms with van der Waals surface area (Å²) in [6.45, 7) is 1.56. The predicted octanol–water partition coefficient (Wildman–Crippen LogP) is 1.10. The highest BCUT2D eigenvalue weighted by atomic mass is 32.2. The SMILES string of the molecule is CN(C)CCNc1ccccc1S(=O)(=O)NC1CC1. The van der Waals surface area contributed by atoms with Crippen LogP contribution in [0.3, 0.4) is 0 Å². The van der Waals surface area contributed by atoms with Crippen molar-refractivity contribution in [2.45, 2.75) is 23.8 Å². The summed E-state index contributed by atoms with van der Waals surface area (Å²) in [6, 6.07) is 7.16. The number of likely N-dealkylation sites (N-methyl/N-ethyl adjacent to an activating group) is 1. The van der Waals surface area contributed by atoms with Gasteiger partial charge in [-0.3, -0.25) is 0 Å². The highest BCUT2D eigenvalue weighted by Crippen LogP contribution is 2.25. The third-order valence-electron chi connectivity index (χ3n) is 2.95. The molecule has 0 bridgehead atoms. The van der Waals surface area contributed by atoms with E-state index >= 15 is 0 Å². The predicted molar refractivity (Wildman–Crippen MR) is 76.8 cm³/mol. The van der Waals surface area contributed by atoms with Gasteiger partial charge in [0.25, 0.3) is 0 Å². The Morgan fingerprint density at radius 3 is 2.58 bits per heavy atom. The Kier molecular flexibility index (Phi) is 4.44. The van der Waals surface area contributed by atoms with E-state index in [2.05, 4.69) is 10.0 Å². The van der Waals surface area contributed by atoms with E-state index in [1.54, 1.807) is 18.2 Å². The fourth-order valence-electron chi connectivity index (χ4n) is 1.75. The minimum atomic E-state index is -3.40. The van der Waals surface area contributed by atoms with E-state index in [9.17, 15) is 8.42 Å². The molecule has 2 rings (SSSR count). The van der Waals surface area contributed by atoms with Gasteiger partial charge < -0.3 is 10.2 Å². The monoisotopic (exact) mass is 283 g/mol. The van der Waals surface area contributed by atoms with Gasteiger partial charge in [0.05, 0.1) is 5.69 Å². The van der Waals surface area contributed by atoms with E-state index < -0.39 is 10.0 Å². The van der Waals surface area contributed by atoms with E-state index in [0.29, 0.717) is 17.1 Å². The number of hydrogen-bond donors (Lipinski definition) is 2. The molecule has 6 heteroatoms. The summed E-state index contributed by atoms with van der Waals surface area (Å²) in [7, 11) is 0.566. The summed E-state index contributed by atoms with van der Waals surface area (Å²) in [4.78, 5) is 2.38. The van der Waals surface area contributed by atoms with Crippen LogP contribution in [-0.4, -0.2) is 46.5 Å². The summed E-state index contributed by atoms with van der Waals surface area (Å²) in [5.41, 5.74) is 0.664. The fourth-order valence-corrected chi connectivity index (χ4v) is 3.23. The van der Waals surface area contributed by atoms with Crippen LogP contribution in [-0.2, 0) is 10.0 Å². The van der Waals surface area contributed by atoms with Gasteiger partial charge in [0.1, 0.15) is 4.90 Å². The van der Waals surface area contributed by atoms with Gasteiger partial charge in [-0.05, 0) is 39.1 Å². The minimum absolute atomic E-state index is 0.125. The van der Waals surface area contributed by atoms with Crippen molar-refractivity contribution < 1.29 is 8.42 Å². The number of anilines is 1. The van der Waals surface area contributed by atoms with Gasteiger partial charge in [0.15, 0.2) is 0 Å². The van der Waals surface area contributed by atoms with Gasteiger partial charge in [-0.25, -0.2) is 13.1 Å². The van der Waals surface area contributed by atoms with Gasteiger partial charge in [0, 0.05) is 19.1 Å². The molecule has 19 heavy (non-hydrogen) atoms. The summed E-state index contributed by atoms with van der Waals surface area (Å²) in [6.07, 6.45) is 1.88. The van der Waals surface area contributed by atoms with Crippen LogP contribution in [0.1, 0.15) is 12.8 Å².